The van der Waals surface area contributed by atoms with Crippen molar-refractivity contribution < 1.29 is 0 Å². The van der Waals surface area contributed by atoms with Crippen molar-refractivity contribution in [2.45, 2.75) is 19.4 Å². The van der Waals surface area contributed by atoms with Gasteiger partial charge < -0.3 is 5.32 Å². The van der Waals surface area contributed by atoms with E-state index in [1.54, 1.807) is 0 Å². The molecule has 0 unspecified atom stereocenters. The maximum absolute atomic E-state index is 4.21. The van der Waals surface area contributed by atoms with Crippen molar-refractivity contribution in [1.82, 2.24) is 15.2 Å². The van der Waals surface area contributed by atoms with Crippen LogP contribution in [0.5, 0.6) is 0 Å². The lowest BCUT2D eigenvalue weighted by atomic mass is 10.0. The van der Waals surface area contributed by atoms with Crippen LogP contribution < -0.4 is 5.32 Å². The van der Waals surface area contributed by atoms with Gasteiger partial charge in [0, 0.05) is 44.6 Å². The van der Waals surface area contributed by atoms with Crippen molar-refractivity contribution in [3.63, 3.8) is 0 Å². The molecule has 3 nitrogen and oxygen atoms in total. The number of piperazine rings is 1. The molecule has 0 saturated carbocycles. The molecular formula is C12H19N3. The molecule has 1 saturated heterocycles. The van der Waals surface area contributed by atoms with Gasteiger partial charge in [0.25, 0.3) is 0 Å². The normalized spacial score (nSPS) is 20.1. The fraction of sp³-hybridized carbons (Fsp3) is 0.583. The summed E-state index contributed by atoms with van der Waals surface area (Å²) < 4.78 is 0. The van der Waals surface area contributed by atoms with Crippen molar-refractivity contribution in [3.05, 3.63) is 30.1 Å². The lowest BCUT2D eigenvalue weighted by Crippen LogP contribution is -2.45. The molecule has 0 radical (unpaired) electrons. The van der Waals surface area contributed by atoms with E-state index in [-0.39, 0.29) is 0 Å². The summed E-state index contributed by atoms with van der Waals surface area (Å²) in [7, 11) is 0. The van der Waals surface area contributed by atoms with Crippen molar-refractivity contribution in [2.24, 2.45) is 0 Å². The van der Waals surface area contributed by atoms with Gasteiger partial charge in [-0.1, -0.05) is 13.0 Å². The Labute approximate surface area is 91.5 Å². The Bertz CT molecular complexity index is 280. The van der Waals surface area contributed by atoms with Crippen molar-refractivity contribution in [3.8, 4) is 0 Å². The Morgan fingerprint density at radius 2 is 2.27 bits per heavy atom. The van der Waals surface area contributed by atoms with Gasteiger partial charge in [-0.25, -0.2) is 0 Å². The summed E-state index contributed by atoms with van der Waals surface area (Å²) in [6.45, 7) is 6.76. The van der Waals surface area contributed by atoms with Crippen LogP contribution in [0, 0.1) is 0 Å². The third-order valence-electron chi connectivity index (χ3n) is 3.05. The van der Waals surface area contributed by atoms with Crippen molar-refractivity contribution in [2.75, 3.05) is 26.2 Å². The summed E-state index contributed by atoms with van der Waals surface area (Å²) in [4.78, 5) is 6.76. The predicted octanol–water partition coefficient (Wildman–Crippen LogP) is 1.44. The second-order valence-electron chi connectivity index (χ2n) is 4.00. The average molecular weight is 205 g/mol. The SMILES string of the molecule is CC[C@H](c1cccnc1)N1CCNCC1. The lowest BCUT2D eigenvalue weighted by molar-refractivity contribution is 0.169. The maximum atomic E-state index is 4.21. The molecule has 0 amide bonds. The van der Waals surface area contributed by atoms with E-state index in [4.69, 9.17) is 0 Å². The van der Waals surface area contributed by atoms with E-state index >= 15 is 0 Å². The van der Waals surface area contributed by atoms with Gasteiger partial charge in [0.2, 0.25) is 0 Å². The topological polar surface area (TPSA) is 28.2 Å². The molecule has 0 spiro atoms. The second kappa shape index (κ2) is 5.24. The molecule has 1 aliphatic rings. The zero-order valence-electron chi connectivity index (χ0n) is 9.32. The van der Waals surface area contributed by atoms with Crippen LogP contribution in [0.15, 0.2) is 24.5 Å². The predicted molar refractivity (Wildman–Crippen MR) is 61.7 cm³/mol. The standard InChI is InChI=1S/C12H19N3/c1-2-12(11-4-3-5-14-10-11)15-8-6-13-7-9-15/h3-5,10,12-13H,2,6-9H2,1H3/t12-/m1/s1. The van der Waals surface area contributed by atoms with Crippen LogP contribution in [-0.2, 0) is 0 Å². The van der Waals surface area contributed by atoms with Gasteiger partial charge in [0.15, 0.2) is 0 Å². The molecule has 0 aromatic carbocycles. The van der Waals surface area contributed by atoms with Gasteiger partial charge >= 0.3 is 0 Å². The Hall–Kier alpha value is -0.930. The lowest BCUT2D eigenvalue weighted by Gasteiger charge is -2.34. The quantitative estimate of drug-likeness (QED) is 0.809. The Balaban J connectivity index is 2.09. The van der Waals surface area contributed by atoms with Gasteiger partial charge in [-0.3, -0.25) is 9.88 Å². The third kappa shape index (κ3) is 2.55. The molecule has 2 rings (SSSR count). The molecule has 0 bridgehead atoms. The average Bonchev–Trinajstić information content (AvgIpc) is 2.33. The zero-order valence-corrected chi connectivity index (χ0v) is 9.32. The van der Waals surface area contributed by atoms with Crippen LogP contribution >= 0.6 is 0 Å². The minimum absolute atomic E-state index is 0.542. The van der Waals surface area contributed by atoms with Gasteiger partial charge in [-0.05, 0) is 18.1 Å². The summed E-state index contributed by atoms with van der Waals surface area (Å²) in [5.74, 6) is 0. The summed E-state index contributed by atoms with van der Waals surface area (Å²) in [6, 6.07) is 4.75. The minimum Gasteiger partial charge on any atom is -0.314 e. The molecule has 1 aromatic rings. The van der Waals surface area contributed by atoms with E-state index in [2.05, 4.69) is 28.2 Å². The second-order valence-corrected chi connectivity index (χ2v) is 4.00. The molecule has 2 heterocycles. The minimum atomic E-state index is 0.542. The summed E-state index contributed by atoms with van der Waals surface area (Å²) in [5.41, 5.74) is 1.35. The molecule has 1 aliphatic heterocycles. The fourth-order valence-corrected chi connectivity index (χ4v) is 2.27. The molecule has 1 fully saturated rings. The number of hydrogen-bond donors (Lipinski definition) is 1. The van der Waals surface area contributed by atoms with Crippen LogP contribution in [-0.4, -0.2) is 36.1 Å². The van der Waals surface area contributed by atoms with E-state index in [0.717, 1.165) is 32.6 Å². The first-order valence-electron chi connectivity index (χ1n) is 5.76. The number of pyridine rings is 1. The van der Waals surface area contributed by atoms with Crippen LogP contribution in [0.2, 0.25) is 0 Å². The van der Waals surface area contributed by atoms with Gasteiger partial charge in [0.05, 0.1) is 0 Å². The van der Waals surface area contributed by atoms with Crippen LogP contribution in [0.1, 0.15) is 24.9 Å². The van der Waals surface area contributed by atoms with Gasteiger partial charge in [-0.15, -0.1) is 0 Å². The van der Waals surface area contributed by atoms with E-state index < -0.39 is 0 Å². The molecule has 82 valence electrons. The number of rotatable bonds is 3. The van der Waals surface area contributed by atoms with Crippen LogP contribution in [0.4, 0.5) is 0 Å². The third-order valence-corrected chi connectivity index (χ3v) is 3.05. The Morgan fingerprint density at radius 3 is 2.87 bits per heavy atom. The van der Waals surface area contributed by atoms with Crippen molar-refractivity contribution in [1.29, 1.82) is 0 Å². The van der Waals surface area contributed by atoms with Gasteiger partial charge in [0.1, 0.15) is 0 Å². The molecule has 1 N–H and O–H groups in total. The zero-order chi connectivity index (χ0) is 10.5. The highest BCUT2D eigenvalue weighted by atomic mass is 15.2. The number of nitrogens with zero attached hydrogens (tertiary/aromatic N) is 2. The monoisotopic (exact) mass is 205 g/mol. The summed E-state index contributed by atoms with van der Waals surface area (Å²) >= 11 is 0. The van der Waals surface area contributed by atoms with E-state index in [0.29, 0.717) is 6.04 Å². The van der Waals surface area contributed by atoms with Gasteiger partial charge in [-0.2, -0.15) is 0 Å². The van der Waals surface area contributed by atoms with E-state index in [9.17, 15) is 0 Å². The number of nitrogens with one attached hydrogen (secondary N) is 1. The molecular weight excluding hydrogens is 186 g/mol. The van der Waals surface area contributed by atoms with Crippen molar-refractivity contribution >= 4 is 0 Å². The summed E-state index contributed by atoms with van der Waals surface area (Å²) in [5, 5.41) is 3.39. The van der Waals surface area contributed by atoms with Crippen LogP contribution in [0.25, 0.3) is 0 Å². The van der Waals surface area contributed by atoms with E-state index in [1.165, 1.54) is 5.56 Å². The highest BCUT2D eigenvalue weighted by molar-refractivity contribution is 5.14. The Morgan fingerprint density at radius 1 is 1.47 bits per heavy atom. The molecule has 1 atom stereocenters. The first-order chi connectivity index (χ1) is 7.42. The maximum Gasteiger partial charge on any atom is 0.0361 e. The Kier molecular flexibility index (Phi) is 3.69. The largest absolute Gasteiger partial charge is 0.314 e. The summed E-state index contributed by atoms with van der Waals surface area (Å²) in [6.07, 6.45) is 5.00. The molecule has 15 heavy (non-hydrogen) atoms. The number of hydrogen-bond acceptors (Lipinski definition) is 3. The molecule has 3 heteroatoms. The van der Waals surface area contributed by atoms with Crippen LogP contribution in [0.3, 0.4) is 0 Å². The molecule has 0 aliphatic carbocycles. The number of aromatic nitrogens is 1. The van der Waals surface area contributed by atoms with E-state index in [1.807, 2.05) is 18.5 Å². The fourth-order valence-electron chi connectivity index (χ4n) is 2.27. The first-order valence-corrected chi connectivity index (χ1v) is 5.76. The highest BCUT2D eigenvalue weighted by Crippen LogP contribution is 2.23. The first kappa shape index (κ1) is 10.6. The smallest absolute Gasteiger partial charge is 0.0361 e. The molecule has 1 aromatic heterocycles. The highest BCUT2D eigenvalue weighted by Gasteiger charge is 2.20.